The molecule has 2 nitrogen and oxygen atoms in total. The Bertz CT molecular complexity index is 3520. The third-order valence-corrected chi connectivity index (χ3v) is 13.5. The third kappa shape index (κ3) is 5.19. The van der Waals surface area contributed by atoms with E-state index in [1.54, 1.807) is 0 Å². The molecule has 0 saturated heterocycles. The predicted octanol–water partition coefficient (Wildman–Crippen LogP) is 16.4. The van der Waals surface area contributed by atoms with Crippen molar-refractivity contribution < 1.29 is 4.42 Å². The number of hydrogen-bond acceptors (Lipinski definition) is 2. The molecule has 0 unspecified atom stereocenters. The fourth-order valence-corrected chi connectivity index (χ4v) is 10.9. The summed E-state index contributed by atoms with van der Waals surface area (Å²) in [5.74, 6) is 0. The molecule has 0 aliphatic heterocycles. The number of nitrogens with zero attached hydrogens (tertiary/aromatic N) is 1. The van der Waals surface area contributed by atoms with Crippen LogP contribution in [0.1, 0.15) is 22.3 Å². The molecule has 0 atom stereocenters. The van der Waals surface area contributed by atoms with Crippen molar-refractivity contribution in [2.24, 2.45) is 0 Å². The summed E-state index contributed by atoms with van der Waals surface area (Å²) in [6.45, 7) is 0. The Hall–Kier alpha value is -8.20. The molecule has 0 bridgehead atoms. The maximum Gasteiger partial charge on any atom is 0.143 e. The summed E-state index contributed by atoms with van der Waals surface area (Å²) in [4.78, 5) is 2.49. The number of furan rings is 1. The molecule has 11 aromatic rings. The van der Waals surface area contributed by atoms with Crippen molar-refractivity contribution in [2.45, 2.75) is 5.41 Å². The highest BCUT2D eigenvalue weighted by molar-refractivity contribution is 6.11. The standard InChI is InChI=1S/C61H39NO/c1-3-17-41(18-4-1)45-21-10-14-31-56(45)62(44-36-33-40(34-37-44)43-35-38-58-51(39-43)49-26-15-25-46(60(49)63-58)42-19-5-2-6-20-42)57-32-16-30-55-59(57)50-24-9-13-29-54(50)61(55)52-27-11-7-22-47(52)48-23-8-12-28-53(48)61/h1-39H. The molecule has 13 rings (SSSR count). The van der Waals surface area contributed by atoms with Crippen LogP contribution in [-0.4, -0.2) is 0 Å². The van der Waals surface area contributed by atoms with Gasteiger partial charge in [0.15, 0.2) is 0 Å². The van der Waals surface area contributed by atoms with Gasteiger partial charge < -0.3 is 9.32 Å². The van der Waals surface area contributed by atoms with Gasteiger partial charge in [0.1, 0.15) is 11.2 Å². The number of para-hydroxylation sites is 2. The van der Waals surface area contributed by atoms with Gasteiger partial charge >= 0.3 is 0 Å². The van der Waals surface area contributed by atoms with Crippen molar-refractivity contribution in [3.63, 3.8) is 0 Å². The highest BCUT2D eigenvalue weighted by Crippen LogP contribution is 2.64. The summed E-state index contributed by atoms with van der Waals surface area (Å²) >= 11 is 0. The summed E-state index contributed by atoms with van der Waals surface area (Å²) in [6.07, 6.45) is 0. The van der Waals surface area contributed by atoms with Crippen molar-refractivity contribution in [3.05, 3.63) is 259 Å². The van der Waals surface area contributed by atoms with Gasteiger partial charge in [-0.15, -0.1) is 0 Å². The van der Waals surface area contributed by atoms with Crippen LogP contribution in [-0.2, 0) is 5.41 Å². The van der Waals surface area contributed by atoms with Crippen molar-refractivity contribution in [1.29, 1.82) is 0 Å². The fourth-order valence-electron chi connectivity index (χ4n) is 10.9. The number of anilines is 3. The SMILES string of the molecule is c1ccc(-c2ccccc2N(c2ccc(-c3ccc4oc5c(-c6ccccc6)cccc5c4c3)cc2)c2cccc3c2-c2ccccc2C32c3ccccc3-c3ccccc32)cc1. The van der Waals surface area contributed by atoms with E-state index in [9.17, 15) is 0 Å². The highest BCUT2D eigenvalue weighted by atomic mass is 16.3. The van der Waals surface area contributed by atoms with Crippen molar-refractivity contribution in [2.75, 3.05) is 4.90 Å². The molecule has 2 heteroatoms. The Morgan fingerprint density at radius 1 is 0.317 bits per heavy atom. The molecular formula is C61H39NO. The fraction of sp³-hybridized carbons (Fsp3) is 0.0164. The molecule has 10 aromatic carbocycles. The van der Waals surface area contributed by atoms with Gasteiger partial charge in [0.05, 0.1) is 16.8 Å². The van der Waals surface area contributed by atoms with E-state index in [0.717, 1.165) is 61.3 Å². The second-order valence-corrected chi connectivity index (χ2v) is 16.7. The largest absolute Gasteiger partial charge is 0.455 e. The van der Waals surface area contributed by atoms with Crippen LogP contribution in [0.3, 0.4) is 0 Å². The van der Waals surface area contributed by atoms with E-state index >= 15 is 0 Å². The van der Waals surface area contributed by atoms with Crippen LogP contribution >= 0.6 is 0 Å². The van der Waals surface area contributed by atoms with Crippen molar-refractivity contribution >= 4 is 39.0 Å². The summed E-state index contributed by atoms with van der Waals surface area (Å²) in [7, 11) is 0. The monoisotopic (exact) mass is 801 g/mol. The molecular weight excluding hydrogens is 763 g/mol. The molecule has 0 saturated carbocycles. The smallest absolute Gasteiger partial charge is 0.143 e. The van der Waals surface area contributed by atoms with E-state index in [2.05, 4.69) is 241 Å². The van der Waals surface area contributed by atoms with Gasteiger partial charge in [0, 0.05) is 33.2 Å². The average molecular weight is 802 g/mol. The van der Waals surface area contributed by atoms with Crippen LogP contribution in [0.5, 0.6) is 0 Å². The maximum absolute atomic E-state index is 6.55. The summed E-state index contributed by atoms with van der Waals surface area (Å²) in [6, 6.07) is 86.4. The van der Waals surface area contributed by atoms with E-state index < -0.39 is 5.41 Å². The van der Waals surface area contributed by atoms with Crippen molar-refractivity contribution in [3.8, 4) is 55.6 Å². The molecule has 0 amide bonds. The Kier molecular flexibility index (Phi) is 7.85. The zero-order chi connectivity index (χ0) is 41.5. The van der Waals surface area contributed by atoms with Gasteiger partial charge in [-0.25, -0.2) is 0 Å². The van der Waals surface area contributed by atoms with E-state index in [0.29, 0.717) is 0 Å². The number of benzene rings is 10. The summed E-state index contributed by atoms with van der Waals surface area (Å²) < 4.78 is 6.55. The van der Waals surface area contributed by atoms with Gasteiger partial charge in [-0.2, -0.15) is 0 Å². The van der Waals surface area contributed by atoms with Crippen LogP contribution in [0.4, 0.5) is 17.1 Å². The first-order valence-electron chi connectivity index (χ1n) is 21.8. The maximum atomic E-state index is 6.55. The van der Waals surface area contributed by atoms with Gasteiger partial charge in [-0.1, -0.05) is 200 Å². The van der Waals surface area contributed by atoms with Gasteiger partial charge in [-0.3, -0.25) is 0 Å². The minimum atomic E-state index is -0.443. The Balaban J connectivity index is 1.01. The highest BCUT2D eigenvalue weighted by Gasteiger charge is 2.52. The second-order valence-electron chi connectivity index (χ2n) is 16.7. The molecule has 0 fully saturated rings. The third-order valence-electron chi connectivity index (χ3n) is 13.5. The lowest BCUT2D eigenvalue weighted by molar-refractivity contribution is 0.670. The van der Waals surface area contributed by atoms with Crippen LogP contribution in [0.2, 0.25) is 0 Å². The van der Waals surface area contributed by atoms with Crippen LogP contribution < -0.4 is 4.90 Å². The topological polar surface area (TPSA) is 16.4 Å². The minimum absolute atomic E-state index is 0.443. The molecule has 294 valence electrons. The number of rotatable bonds is 6. The molecule has 1 heterocycles. The molecule has 2 aliphatic rings. The molecule has 63 heavy (non-hydrogen) atoms. The lowest BCUT2D eigenvalue weighted by atomic mass is 9.70. The van der Waals surface area contributed by atoms with Crippen molar-refractivity contribution in [1.82, 2.24) is 0 Å². The first-order valence-corrected chi connectivity index (χ1v) is 21.8. The van der Waals surface area contributed by atoms with E-state index in [-0.39, 0.29) is 0 Å². The second kappa shape index (κ2) is 13.9. The molecule has 2 aliphatic carbocycles. The zero-order valence-corrected chi connectivity index (χ0v) is 34.4. The molecule has 0 radical (unpaired) electrons. The quantitative estimate of drug-likeness (QED) is 0.167. The van der Waals surface area contributed by atoms with E-state index in [4.69, 9.17) is 4.42 Å². The van der Waals surface area contributed by atoms with E-state index in [1.807, 2.05) is 0 Å². The average Bonchev–Trinajstić information content (AvgIpc) is 3.99. The van der Waals surface area contributed by atoms with Gasteiger partial charge in [0.2, 0.25) is 0 Å². The Morgan fingerprint density at radius 2 is 0.825 bits per heavy atom. The first-order chi connectivity index (χ1) is 31.3. The molecule has 1 aromatic heterocycles. The molecule has 1 spiro atoms. The van der Waals surface area contributed by atoms with Gasteiger partial charge in [0.25, 0.3) is 0 Å². The minimum Gasteiger partial charge on any atom is -0.455 e. The normalized spacial score (nSPS) is 12.9. The van der Waals surface area contributed by atoms with E-state index in [1.165, 1.54) is 55.6 Å². The first kappa shape index (κ1) is 35.5. The predicted molar refractivity (Wildman–Crippen MR) is 261 cm³/mol. The van der Waals surface area contributed by atoms with Gasteiger partial charge in [-0.05, 0) is 97.6 Å². The molecule has 0 N–H and O–H groups in total. The number of hydrogen-bond donors (Lipinski definition) is 0. The van der Waals surface area contributed by atoms with Crippen LogP contribution in [0, 0.1) is 0 Å². The lowest BCUT2D eigenvalue weighted by Crippen LogP contribution is -2.26. The van der Waals surface area contributed by atoms with Crippen LogP contribution in [0.15, 0.2) is 241 Å². The Morgan fingerprint density at radius 3 is 1.52 bits per heavy atom. The summed E-state index contributed by atoms with van der Waals surface area (Å²) in [5.41, 5.74) is 22.1. The summed E-state index contributed by atoms with van der Waals surface area (Å²) in [5, 5.41) is 2.24. The number of fused-ring (bicyclic) bond motifs is 13. The zero-order valence-electron chi connectivity index (χ0n) is 34.4. The Labute approximate surface area is 366 Å². The lowest BCUT2D eigenvalue weighted by Gasteiger charge is -2.32. The van der Waals surface area contributed by atoms with Crippen LogP contribution in [0.25, 0.3) is 77.6 Å².